The van der Waals surface area contributed by atoms with E-state index in [1.807, 2.05) is 7.05 Å². The number of nitrogens with one attached hydrogen (secondary N) is 1. The molecule has 1 aromatic rings. The zero-order chi connectivity index (χ0) is 14.0. The van der Waals surface area contributed by atoms with Gasteiger partial charge in [-0.25, -0.2) is 8.42 Å². The largest absolute Gasteiger partial charge is 0.465 e. The van der Waals surface area contributed by atoms with E-state index >= 15 is 0 Å². The summed E-state index contributed by atoms with van der Waals surface area (Å²) in [5, 5.41) is 3.15. The molecule has 5 nitrogen and oxygen atoms in total. The zero-order valence-corrected chi connectivity index (χ0v) is 13.8. The standard InChI is InChI=1S/C13H22N2O3S.ClH/c1-10-8-13(11(2)18-10)19(16,17)15-6-4-12(5-7-15)9-14-3;/h8,12,14H,4-7,9H2,1-3H3;1H. The molecule has 0 saturated carbocycles. The van der Waals surface area contributed by atoms with Crippen LogP contribution < -0.4 is 5.32 Å². The molecule has 2 rings (SSSR count). The predicted molar refractivity (Wildman–Crippen MR) is 80.8 cm³/mol. The number of sulfonamides is 1. The molecule has 1 fully saturated rings. The van der Waals surface area contributed by atoms with E-state index in [0.29, 0.717) is 35.4 Å². The first-order chi connectivity index (χ1) is 8.95. The van der Waals surface area contributed by atoms with Crippen LogP contribution in [-0.2, 0) is 10.0 Å². The van der Waals surface area contributed by atoms with E-state index in [2.05, 4.69) is 5.32 Å². The molecule has 0 unspecified atom stereocenters. The van der Waals surface area contributed by atoms with E-state index in [9.17, 15) is 8.42 Å². The maximum Gasteiger partial charge on any atom is 0.246 e. The first-order valence-corrected chi connectivity index (χ1v) is 8.11. The number of aryl methyl sites for hydroxylation is 2. The topological polar surface area (TPSA) is 62.6 Å². The average molecular weight is 323 g/mol. The minimum atomic E-state index is -3.39. The van der Waals surface area contributed by atoms with Gasteiger partial charge in [0, 0.05) is 13.1 Å². The van der Waals surface area contributed by atoms with Crippen molar-refractivity contribution in [1.82, 2.24) is 9.62 Å². The van der Waals surface area contributed by atoms with E-state index in [0.717, 1.165) is 19.4 Å². The van der Waals surface area contributed by atoms with Gasteiger partial charge in [0.25, 0.3) is 0 Å². The molecule has 1 N–H and O–H groups in total. The van der Waals surface area contributed by atoms with Crippen molar-refractivity contribution in [3.8, 4) is 0 Å². The number of piperidine rings is 1. The van der Waals surface area contributed by atoms with Crippen molar-refractivity contribution in [2.75, 3.05) is 26.7 Å². The highest BCUT2D eigenvalue weighted by Gasteiger charge is 2.31. The van der Waals surface area contributed by atoms with Gasteiger partial charge in [-0.15, -0.1) is 12.4 Å². The van der Waals surface area contributed by atoms with Gasteiger partial charge in [-0.3, -0.25) is 0 Å². The molecule has 1 aliphatic rings. The highest BCUT2D eigenvalue weighted by Crippen LogP contribution is 2.27. The van der Waals surface area contributed by atoms with E-state index in [1.165, 1.54) is 0 Å². The van der Waals surface area contributed by atoms with Gasteiger partial charge in [-0.2, -0.15) is 4.31 Å². The molecule has 0 bridgehead atoms. The van der Waals surface area contributed by atoms with E-state index < -0.39 is 10.0 Å². The number of hydrogen-bond donors (Lipinski definition) is 1. The lowest BCUT2D eigenvalue weighted by Crippen LogP contribution is -2.40. The molecule has 0 aromatic carbocycles. The summed E-state index contributed by atoms with van der Waals surface area (Å²) in [6.45, 7) is 5.62. The Balaban J connectivity index is 0.00000200. The minimum Gasteiger partial charge on any atom is -0.465 e. The molecule has 0 aliphatic carbocycles. The van der Waals surface area contributed by atoms with E-state index in [1.54, 1.807) is 24.2 Å². The Kier molecular flexibility index (Phi) is 6.06. The maximum absolute atomic E-state index is 12.5. The van der Waals surface area contributed by atoms with Crippen LogP contribution in [0.15, 0.2) is 15.4 Å². The third-order valence-corrected chi connectivity index (χ3v) is 5.69. The summed E-state index contributed by atoms with van der Waals surface area (Å²) >= 11 is 0. The Morgan fingerprint density at radius 2 is 1.95 bits per heavy atom. The quantitative estimate of drug-likeness (QED) is 0.920. The van der Waals surface area contributed by atoms with Crippen molar-refractivity contribution in [2.45, 2.75) is 31.6 Å². The Labute approximate surface area is 127 Å². The van der Waals surface area contributed by atoms with Crippen molar-refractivity contribution in [1.29, 1.82) is 0 Å². The Hall–Kier alpha value is -0.560. The normalized spacial score (nSPS) is 17.9. The molecule has 0 radical (unpaired) electrons. The summed E-state index contributed by atoms with van der Waals surface area (Å²) in [5.74, 6) is 1.69. The molecule has 0 atom stereocenters. The highest BCUT2D eigenvalue weighted by atomic mass is 35.5. The second-order valence-corrected chi connectivity index (χ2v) is 7.09. The lowest BCUT2D eigenvalue weighted by molar-refractivity contribution is 0.270. The molecule has 1 aliphatic heterocycles. The fraction of sp³-hybridized carbons (Fsp3) is 0.692. The van der Waals surface area contributed by atoms with Gasteiger partial charge in [-0.1, -0.05) is 0 Å². The van der Waals surface area contributed by atoms with Crippen LogP contribution >= 0.6 is 12.4 Å². The monoisotopic (exact) mass is 322 g/mol. The van der Waals surface area contributed by atoms with E-state index in [-0.39, 0.29) is 12.4 Å². The van der Waals surface area contributed by atoms with Crippen LogP contribution in [0.5, 0.6) is 0 Å². The molecule has 1 saturated heterocycles. The van der Waals surface area contributed by atoms with Crippen molar-refractivity contribution in [2.24, 2.45) is 5.92 Å². The van der Waals surface area contributed by atoms with Crippen LogP contribution in [0.25, 0.3) is 0 Å². The van der Waals surface area contributed by atoms with Crippen LogP contribution in [0, 0.1) is 19.8 Å². The van der Waals surface area contributed by atoms with Crippen LogP contribution in [0.1, 0.15) is 24.4 Å². The van der Waals surface area contributed by atoms with E-state index in [4.69, 9.17) is 4.42 Å². The van der Waals surface area contributed by atoms with Crippen LogP contribution in [0.3, 0.4) is 0 Å². The fourth-order valence-electron chi connectivity index (χ4n) is 2.65. The van der Waals surface area contributed by atoms with Gasteiger partial charge in [0.05, 0.1) is 0 Å². The van der Waals surface area contributed by atoms with Crippen molar-refractivity contribution >= 4 is 22.4 Å². The molecule has 20 heavy (non-hydrogen) atoms. The molecule has 1 aromatic heterocycles. The number of rotatable bonds is 4. The second kappa shape index (κ2) is 6.93. The van der Waals surface area contributed by atoms with Crippen LogP contribution in [-0.4, -0.2) is 39.4 Å². The Morgan fingerprint density at radius 3 is 2.40 bits per heavy atom. The summed E-state index contributed by atoms with van der Waals surface area (Å²) in [6.07, 6.45) is 1.83. The fourth-order valence-corrected chi connectivity index (χ4v) is 4.33. The smallest absolute Gasteiger partial charge is 0.246 e. The van der Waals surface area contributed by atoms with Gasteiger partial charge in [-0.05, 0) is 52.3 Å². The number of nitrogens with zero attached hydrogens (tertiary/aromatic N) is 1. The molecule has 2 heterocycles. The van der Waals surface area contributed by atoms with Crippen LogP contribution in [0.2, 0.25) is 0 Å². The highest BCUT2D eigenvalue weighted by molar-refractivity contribution is 7.89. The summed E-state index contributed by atoms with van der Waals surface area (Å²) in [4.78, 5) is 0.317. The van der Waals surface area contributed by atoms with Gasteiger partial charge < -0.3 is 9.73 Å². The lowest BCUT2D eigenvalue weighted by Gasteiger charge is -2.30. The zero-order valence-electron chi connectivity index (χ0n) is 12.2. The Morgan fingerprint density at radius 1 is 1.35 bits per heavy atom. The van der Waals surface area contributed by atoms with Crippen molar-refractivity contribution < 1.29 is 12.8 Å². The molecule has 0 amide bonds. The van der Waals surface area contributed by atoms with Gasteiger partial charge in [0.1, 0.15) is 16.4 Å². The number of furan rings is 1. The van der Waals surface area contributed by atoms with Gasteiger partial charge >= 0.3 is 0 Å². The molecular formula is C13H23ClN2O3S. The second-order valence-electron chi connectivity index (χ2n) is 5.18. The predicted octanol–water partition coefficient (Wildman–Crippen LogP) is 1.94. The van der Waals surface area contributed by atoms with Gasteiger partial charge in [0.2, 0.25) is 10.0 Å². The van der Waals surface area contributed by atoms with Gasteiger partial charge in [0.15, 0.2) is 0 Å². The van der Waals surface area contributed by atoms with Crippen LogP contribution in [0.4, 0.5) is 0 Å². The molecule has 7 heteroatoms. The molecule has 0 spiro atoms. The van der Waals surface area contributed by atoms with Crippen molar-refractivity contribution in [3.63, 3.8) is 0 Å². The summed E-state index contributed by atoms with van der Waals surface area (Å²) in [7, 11) is -1.46. The summed E-state index contributed by atoms with van der Waals surface area (Å²) in [5.41, 5.74) is 0. The number of hydrogen-bond acceptors (Lipinski definition) is 4. The maximum atomic E-state index is 12.5. The molecular weight excluding hydrogens is 300 g/mol. The third kappa shape index (κ3) is 3.55. The first kappa shape index (κ1) is 17.5. The summed E-state index contributed by atoms with van der Waals surface area (Å²) in [6, 6.07) is 1.62. The third-order valence-electron chi connectivity index (χ3n) is 3.68. The first-order valence-electron chi connectivity index (χ1n) is 6.67. The summed E-state index contributed by atoms with van der Waals surface area (Å²) < 4.78 is 32.0. The Bertz CT molecular complexity index is 534. The van der Waals surface area contributed by atoms with Crippen molar-refractivity contribution in [3.05, 3.63) is 17.6 Å². The molecule has 116 valence electrons. The number of halogens is 1. The minimum absolute atomic E-state index is 0. The average Bonchev–Trinajstić information content (AvgIpc) is 2.70. The lowest BCUT2D eigenvalue weighted by atomic mass is 9.98. The SMILES string of the molecule is CNCC1CCN(S(=O)(=O)c2cc(C)oc2C)CC1.Cl.